The molecular formula is C25H20N4O4S. The maximum atomic E-state index is 13.2. The molecule has 3 aromatic carbocycles. The SMILES string of the molecule is O=C(O)COc1ccc(C2N=c3ccccc3=C3C(=O)NC(SCc4ccccc4)=NN32)cc1. The molecule has 0 saturated carbocycles. The van der Waals surface area contributed by atoms with E-state index >= 15 is 0 Å². The predicted octanol–water partition coefficient (Wildman–Crippen LogP) is 2.23. The van der Waals surface area contributed by atoms with Crippen LogP contribution in [0.3, 0.4) is 0 Å². The summed E-state index contributed by atoms with van der Waals surface area (Å²) in [7, 11) is 0. The summed E-state index contributed by atoms with van der Waals surface area (Å²) < 4.78 is 5.24. The summed E-state index contributed by atoms with van der Waals surface area (Å²) >= 11 is 1.45. The van der Waals surface area contributed by atoms with E-state index in [1.807, 2.05) is 54.6 Å². The van der Waals surface area contributed by atoms with Gasteiger partial charge in [0.1, 0.15) is 11.4 Å². The Morgan fingerprint density at radius 2 is 1.76 bits per heavy atom. The summed E-state index contributed by atoms with van der Waals surface area (Å²) in [4.78, 5) is 28.8. The van der Waals surface area contributed by atoms with Gasteiger partial charge in [-0.05, 0) is 29.3 Å². The Labute approximate surface area is 199 Å². The van der Waals surface area contributed by atoms with Crippen molar-refractivity contribution in [3.8, 4) is 5.75 Å². The van der Waals surface area contributed by atoms with E-state index in [1.165, 1.54) is 11.8 Å². The third-order valence-electron chi connectivity index (χ3n) is 5.27. The van der Waals surface area contributed by atoms with Gasteiger partial charge in [-0.15, -0.1) is 5.10 Å². The topological polar surface area (TPSA) is 104 Å². The zero-order valence-corrected chi connectivity index (χ0v) is 18.7. The first-order valence-electron chi connectivity index (χ1n) is 10.6. The number of hydrogen-bond acceptors (Lipinski definition) is 7. The number of amides is 1. The average Bonchev–Trinajstić information content (AvgIpc) is 2.86. The number of carbonyl (C=O) groups excluding carboxylic acids is 1. The van der Waals surface area contributed by atoms with E-state index in [-0.39, 0.29) is 5.91 Å². The molecule has 0 spiro atoms. The largest absolute Gasteiger partial charge is 0.482 e. The molecule has 34 heavy (non-hydrogen) atoms. The first-order chi connectivity index (χ1) is 16.6. The number of carboxylic acid groups (broad SMARTS) is 1. The van der Waals surface area contributed by atoms with Gasteiger partial charge in [-0.1, -0.05) is 72.4 Å². The minimum atomic E-state index is -1.04. The first-order valence-corrected chi connectivity index (χ1v) is 11.5. The number of rotatable bonds is 6. The van der Waals surface area contributed by atoms with Crippen molar-refractivity contribution in [1.29, 1.82) is 0 Å². The maximum Gasteiger partial charge on any atom is 0.341 e. The number of nitrogens with zero attached hydrogens (tertiary/aromatic N) is 3. The normalized spacial score (nSPS) is 16.5. The summed E-state index contributed by atoms with van der Waals surface area (Å²) in [6.45, 7) is -0.420. The van der Waals surface area contributed by atoms with Crippen LogP contribution in [-0.2, 0) is 15.3 Å². The van der Waals surface area contributed by atoms with Crippen LogP contribution in [0.25, 0.3) is 5.70 Å². The standard InChI is InChI=1S/C25H20N4O4S/c30-21(31)14-33-18-12-10-17(11-13-18)23-26-20-9-5-4-8-19(20)22-24(32)27-25(28-29(22)23)34-15-16-6-2-1-3-7-16/h1-13,23H,14-15H2,(H,30,31)(H,27,28,32). The van der Waals surface area contributed by atoms with Gasteiger partial charge in [0, 0.05) is 11.0 Å². The predicted molar refractivity (Wildman–Crippen MR) is 128 cm³/mol. The Morgan fingerprint density at radius 3 is 2.53 bits per heavy atom. The van der Waals surface area contributed by atoms with Gasteiger partial charge in [0.05, 0.1) is 5.36 Å². The van der Waals surface area contributed by atoms with Crippen LogP contribution in [0.15, 0.2) is 89.0 Å². The smallest absolute Gasteiger partial charge is 0.341 e. The molecule has 2 heterocycles. The summed E-state index contributed by atoms with van der Waals surface area (Å²) in [5, 5.41) is 20.1. The van der Waals surface area contributed by atoms with Crippen molar-refractivity contribution >= 4 is 34.5 Å². The molecule has 8 nitrogen and oxygen atoms in total. The molecule has 0 aliphatic carbocycles. The average molecular weight is 473 g/mol. The Morgan fingerprint density at radius 1 is 1.03 bits per heavy atom. The second-order valence-corrected chi connectivity index (χ2v) is 8.56. The monoisotopic (exact) mass is 472 g/mol. The molecule has 0 saturated heterocycles. The number of hydrogen-bond donors (Lipinski definition) is 2. The molecule has 2 N–H and O–H groups in total. The number of carboxylic acids is 1. The molecule has 0 aromatic heterocycles. The highest BCUT2D eigenvalue weighted by molar-refractivity contribution is 8.13. The number of nitrogens with one attached hydrogen (secondary N) is 1. The zero-order chi connectivity index (χ0) is 23.5. The van der Waals surface area contributed by atoms with Crippen LogP contribution in [0.1, 0.15) is 17.3 Å². The van der Waals surface area contributed by atoms with Crippen molar-refractivity contribution < 1.29 is 19.4 Å². The van der Waals surface area contributed by atoms with Crippen molar-refractivity contribution in [3.05, 3.63) is 101 Å². The quantitative estimate of drug-likeness (QED) is 0.570. The van der Waals surface area contributed by atoms with Crippen molar-refractivity contribution in [1.82, 2.24) is 10.3 Å². The summed E-state index contributed by atoms with van der Waals surface area (Å²) in [6, 6.07) is 24.4. The van der Waals surface area contributed by atoms with E-state index in [4.69, 9.17) is 19.9 Å². The summed E-state index contributed by atoms with van der Waals surface area (Å²) in [5.41, 5.74) is 2.35. The van der Waals surface area contributed by atoms with Crippen LogP contribution >= 0.6 is 11.8 Å². The molecule has 3 aromatic rings. The van der Waals surface area contributed by atoms with E-state index in [2.05, 4.69) is 5.32 Å². The minimum Gasteiger partial charge on any atom is -0.482 e. The molecule has 0 radical (unpaired) electrons. The van der Waals surface area contributed by atoms with Gasteiger partial charge >= 0.3 is 5.97 Å². The number of aliphatic carboxylic acids is 1. The number of amidine groups is 1. The van der Waals surface area contributed by atoms with Gasteiger partial charge in [0.2, 0.25) is 0 Å². The Kier molecular flexibility index (Phi) is 6.01. The van der Waals surface area contributed by atoms with Crippen LogP contribution in [-0.4, -0.2) is 33.8 Å². The number of para-hydroxylation sites is 1. The van der Waals surface area contributed by atoms with Crippen molar-refractivity contribution in [2.75, 3.05) is 6.61 Å². The van der Waals surface area contributed by atoms with Crippen LogP contribution in [0.5, 0.6) is 5.75 Å². The molecule has 2 aliphatic rings. The molecule has 170 valence electrons. The molecule has 1 amide bonds. The molecule has 9 heteroatoms. The zero-order valence-electron chi connectivity index (χ0n) is 17.9. The molecule has 1 unspecified atom stereocenters. The fraction of sp³-hybridized carbons (Fsp3) is 0.120. The Bertz CT molecular complexity index is 1390. The third kappa shape index (κ3) is 4.51. The second kappa shape index (κ2) is 9.40. The van der Waals surface area contributed by atoms with Crippen molar-refractivity contribution in [2.45, 2.75) is 11.9 Å². The van der Waals surface area contributed by atoms with Crippen LogP contribution in [0, 0.1) is 0 Å². The minimum absolute atomic E-state index is 0.237. The van der Waals surface area contributed by atoms with Gasteiger partial charge in [0.25, 0.3) is 5.91 Å². The van der Waals surface area contributed by atoms with Gasteiger partial charge < -0.3 is 9.84 Å². The maximum absolute atomic E-state index is 13.2. The Balaban J connectivity index is 1.49. The van der Waals surface area contributed by atoms with Crippen molar-refractivity contribution in [2.24, 2.45) is 10.1 Å². The van der Waals surface area contributed by atoms with E-state index in [9.17, 15) is 9.59 Å². The molecule has 0 fully saturated rings. The number of ether oxygens (including phenoxy) is 1. The van der Waals surface area contributed by atoms with E-state index in [0.717, 1.165) is 11.1 Å². The summed E-state index contributed by atoms with van der Waals surface area (Å²) in [6.07, 6.45) is -0.559. The van der Waals surface area contributed by atoms with E-state index < -0.39 is 18.7 Å². The number of thioether (sulfide) groups is 1. The van der Waals surface area contributed by atoms with Gasteiger partial charge in [-0.3, -0.25) is 15.1 Å². The third-order valence-corrected chi connectivity index (χ3v) is 6.21. The molecular weight excluding hydrogens is 452 g/mol. The van der Waals surface area contributed by atoms with Crippen LogP contribution in [0.4, 0.5) is 0 Å². The van der Waals surface area contributed by atoms with Gasteiger partial charge in [-0.25, -0.2) is 9.80 Å². The fourth-order valence-electron chi connectivity index (χ4n) is 3.72. The molecule has 1 atom stereocenters. The first kappa shape index (κ1) is 21.7. The number of fused-ring (bicyclic) bond motifs is 2. The lowest BCUT2D eigenvalue weighted by Crippen LogP contribution is -2.50. The molecule has 2 aliphatic heterocycles. The van der Waals surface area contributed by atoms with Gasteiger partial charge in [-0.2, -0.15) is 0 Å². The van der Waals surface area contributed by atoms with Crippen LogP contribution in [0.2, 0.25) is 0 Å². The molecule has 0 bridgehead atoms. The Hall–Kier alpha value is -4.11. The lowest BCUT2D eigenvalue weighted by atomic mass is 10.1. The second-order valence-electron chi connectivity index (χ2n) is 7.60. The lowest BCUT2D eigenvalue weighted by Gasteiger charge is -2.34. The highest BCUT2D eigenvalue weighted by Gasteiger charge is 2.34. The van der Waals surface area contributed by atoms with Crippen LogP contribution < -0.4 is 20.6 Å². The number of carbonyl (C=O) groups is 2. The van der Waals surface area contributed by atoms with Gasteiger partial charge in [0.15, 0.2) is 17.9 Å². The molecule has 5 rings (SSSR count). The lowest BCUT2D eigenvalue weighted by molar-refractivity contribution is -0.139. The fourth-order valence-corrected chi connectivity index (χ4v) is 4.52. The number of benzene rings is 3. The highest BCUT2D eigenvalue weighted by Crippen LogP contribution is 2.32. The van der Waals surface area contributed by atoms with E-state index in [0.29, 0.717) is 32.9 Å². The summed E-state index contributed by atoms with van der Waals surface area (Å²) in [5.74, 6) is -0.182. The van der Waals surface area contributed by atoms with Crippen molar-refractivity contribution in [3.63, 3.8) is 0 Å². The number of hydrazone groups is 1. The van der Waals surface area contributed by atoms with E-state index in [1.54, 1.807) is 29.3 Å². The highest BCUT2D eigenvalue weighted by atomic mass is 32.2.